The quantitative estimate of drug-likeness (QED) is 0.928. The number of amides is 1. The summed E-state index contributed by atoms with van der Waals surface area (Å²) >= 11 is 0. The van der Waals surface area contributed by atoms with E-state index >= 15 is 0 Å². The third-order valence-electron chi connectivity index (χ3n) is 5.25. The first kappa shape index (κ1) is 16.5. The molecule has 2 aliphatic heterocycles. The Morgan fingerprint density at radius 1 is 1.22 bits per heavy atom. The maximum atomic E-state index is 12.8. The molecule has 1 N–H and O–H groups in total. The van der Waals surface area contributed by atoms with Crippen LogP contribution in [-0.2, 0) is 9.53 Å². The molecule has 0 aliphatic carbocycles. The van der Waals surface area contributed by atoms with E-state index in [0.29, 0.717) is 12.5 Å². The minimum absolute atomic E-state index is 0.0414. The molecule has 0 bridgehead atoms. The van der Waals surface area contributed by atoms with Crippen LogP contribution in [0.3, 0.4) is 0 Å². The number of ether oxygens (including phenoxy) is 1. The van der Waals surface area contributed by atoms with Crippen molar-refractivity contribution in [1.29, 1.82) is 0 Å². The van der Waals surface area contributed by atoms with Crippen molar-refractivity contribution in [3.05, 3.63) is 35.4 Å². The molecule has 1 amide bonds. The number of nitrogens with one attached hydrogen (secondary N) is 1. The van der Waals surface area contributed by atoms with Crippen molar-refractivity contribution in [1.82, 2.24) is 10.2 Å². The Morgan fingerprint density at radius 2 is 1.96 bits per heavy atom. The second-order valence-electron chi connectivity index (χ2n) is 7.09. The highest BCUT2D eigenvalue weighted by Gasteiger charge is 2.40. The summed E-state index contributed by atoms with van der Waals surface area (Å²) in [7, 11) is 0. The van der Waals surface area contributed by atoms with Gasteiger partial charge in [0.2, 0.25) is 5.91 Å². The lowest BCUT2D eigenvalue weighted by Crippen LogP contribution is -2.47. The van der Waals surface area contributed by atoms with Gasteiger partial charge in [-0.15, -0.1) is 0 Å². The molecule has 2 fully saturated rings. The summed E-state index contributed by atoms with van der Waals surface area (Å²) < 4.78 is 5.58. The van der Waals surface area contributed by atoms with Gasteiger partial charge in [-0.25, -0.2) is 0 Å². The molecule has 0 saturated carbocycles. The van der Waals surface area contributed by atoms with Crippen molar-refractivity contribution in [2.24, 2.45) is 5.92 Å². The van der Waals surface area contributed by atoms with Gasteiger partial charge < -0.3 is 10.1 Å². The van der Waals surface area contributed by atoms with Gasteiger partial charge in [-0.2, -0.15) is 0 Å². The van der Waals surface area contributed by atoms with Gasteiger partial charge in [0, 0.05) is 12.6 Å². The normalized spacial score (nSPS) is 26.1. The number of hydrogen-bond acceptors (Lipinski definition) is 3. The Bertz CT molecular complexity index is 558. The zero-order valence-corrected chi connectivity index (χ0v) is 14.4. The molecule has 2 saturated heterocycles. The Hall–Kier alpha value is -1.39. The highest BCUT2D eigenvalue weighted by molar-refractivity contribution is 5.80. The van der Waals surface area contributed by atoms with Crippen LogP contribution in [0.1, 0.15) is 50.3 Å². The van der Waals surface area contributed by atoms with Gasteiger partial charge in [0.15, 0.2) is 0 Å². The molecule has 2 aliphatic rings. The largest absolute Gasteiger partial charge is 0.378 e. The smallest absolute Gasteiger partial charge is 0.225 e. The minimum atomic E-state index is 0.0414. The van der Waals surface area contributed by atoms with E-state index in [1.807, 2.05) is 0 Å². The molecule has 1 aromatic carbocycles. The van der Waals surface area contributed by atoms with Gasteiger partial charge >= 0.3 is 0 Å². The SMILES string of the molecule is CC(C)c1ccccc1C(C)NC(=O)C1CCN2CCOCC12. The van der Waals surface area contributed by atoms with Crippen LogP contribution < -0.4 is 5.32 Å². The molecule has 3 atom stereocenters. The summed E-state index contributed by atoms with van der Waals surface area (Å²) in [6.07, 6.45) is 0.943. The second-order valence-corrected chi connectivity index (χ2v) is 7.09. The fraction of sp³-hybridized carbons (Fsp3) is 0.632. The molecule has 2 heterocycles. The maximum absolute atomic E-state index is 12.8. The van der Waals surface area contributed by atoms with E-state index in [9.17, 15) is 4.79 Å². The van der Waals surface area contributed by atoms with Gasteiger partial charge in [0.1, 0.15) is 0 Å². The van der Waals surface area contributed by atoms with Crippen molar-refractivity contribution in [2.45, 2.75) is 45.2 Å². The van der Waals surface area contributed by atoms with E-state index in [2.05, 4.69) is 55.3 Å². The first-order valence-electron chi connectivity index (χ1n) is 8.79. The predicted molar refractivity (Wildman–Crippen MR) is 91.4 cm³/mol. The van der Waals surface area contributed by atoms with Crippen LogP contribution in [0.15, 0.2) is 24.3 Å². The highest BCUT2D eigenvalue weighted by Crippen LogP contribution is 2.29. The van der Waals surface area contributed by atoms with Crippen molar-refractivity contribution in [3.8, 4) is 0 Å². The van der Waals surface area contributed by atoms with Gasteiger partial charge in [0.05, 0.1) is 25.2 Å². The molecule has 126 valence electrons. The number of rotatable bonds is 4. The van der Waals surface area contributed by atoms with E-state index in [4.69, 9.17) is 4.74 Å². The third-order valence-corrected chi connectivity index (χ3v) is 5.25. The van der Waals surface area contributed by atoms with E-state index in [1.165, 1.54) is 11.1 Å². The fourth-order valence-corrected chi connectivity index (χ4v) is 3.94. The lowest BCUT2D eigenvalue weighted by Gasteiger charge is -2.32. The van der Waals surface area contributed by atoms with Crippen molar-refractivity contribution < 1.29 is 9.53 Å². The van der Waals surface area contributed by atoms with Gasteiger partial charge in [-0.05, 0) is 36.9 Å². The van der Waals surface area contributed by atoms with Crippen molar-refractivity contribution in [2.75, 3.05) is 26.3 Å². The third kappa shape index (κ3) is 3.43. The monoisotopic (exact) mass is 316 g/mol. The van der Waals surface area contributed by atoms with E-state index in [1.54, 1.807) is 0 Å². The first-order chi connectivity index (χ1) is 11.1. The number of carbonyl (C=O) groups is 1. The summed E-state index contributed by atoms with van der Waals surface area (Å²) in [5.74, 6) is 0.692. The second kappa shape index (κ2) is 7.02. The molecule has 4 heteroatoms. The minimum Gasteiger partial charge on any atom is -0.378 e. The van der Waals surface area contributed by atoms with Gasteiger partial charge in [-0.1, -0.05) is 38.1 Å². The number of carbonyl (C=O) groups excluding carboxylic acids is 1. The van der Waals surface area contributed by atoms with Gasteiger partial charge in [-0.3, -0.25) is 9.69 Å². The molecule has 0 spiro atoms. The van der Waals surface area contributed by atoms with E-state index in [-0.39, 0.29) is 23.9 Å². The Labute approximate surface area is 139 Å². The average molecular weight is 316 g/mol. The highest BCUT2D eigenvalue weighted by atomic mass is 16.5. The van der Waals surface area contributed by atoms with E-state index in [0.717, 1.165) is 26.1 Å². The number of nitrogens with zero attached hydrogens (tertiary/aromatic N) is 1. The van der Waals surface area contributed by atoms with Crippen LogP contribution in [-0.4, -0.2) is 43.2 Å². The van der Waals surface area contributed by atoms with Crippen LogP contribution in [0, 0.1) is 5.92 Å². The van der Waals surface area contributed by atoms with Crippen LogP contribution in [0.4, 0.5) is 0 Å². The maximum Gasteiger partial charge on any atom is 0.225 e. The topological polar surface area (TPSA) is 41.6 Å². The summed E-state index contributed by atoms with van der Waals surface area (Å²) in [5.41, 5.74) is 2.54. The predicted octanol–water partition coefficient (Wildman–Crippen LogP) is 2.71. The standard InChI is InChI=1S/C19H28N2O2/c1-13(2)15-6-4-5-7-16(15)14(3)20-19(22)17-8-9-21-10-11-23-12-18(17)21/h4-7,13-14,17-18H,8-12H2,1-3H3,(H,20,22). The molecule has 0 radical (unpaired) electrons. The van der Waals surface area contributed by atoms with Crippen molar-refractivity contribution >= 4 is 5.91 Å². The van der Waals surface area contributed by atoms with Crippen molar-refractivity contribution in [3.63, 3.8) is 0 Å². The summed E-state index contributed by atoms with van der Waals surface area (Å²) in [6, 6.07) is 8.72. The molecule has 3 unspecified atom stereocenters. The Kier molecular flexibility index (Phi) is 5.02. The first-order valence-corrected chi connectivity index (χ1v) is 8.79. The zero-order valence-electron chi connectivity index (χ0n) is 14.4. The zero-order chi connectivity index (χ0) is 16.4. The number of fused-ring (bicyclic) bond motifs is 1. The van der Waals surface area contributed by atoms with Crippen LogP contribution >= 0.6 is 0 Å². The van der Waals surface area contributed by atoms with Crippen LogP contribution in [0.25, 0.3) is 0 Å². The summed E-state index contributed by atoms with van der Waals surface area (Å²) in [4.78, 5) is 15.2. The fourth-order valence-electron chi connectivity index (χ4n) is 3.94. The summed E-state index contributed by atoms with van der Waals surface area (Å²) in [5, 5.41) is 3.25. The number of benzene rings is 1. The molecule has 4 nitrogen and oxygen atoms in total. The van der Waals surface area contributed by atoms with Crippen LogP contribution in [0.5, 0.6) is 0 Å². The lowest BCUT2D eigenvalue weighted by atomic mass is 9.92. The Morgan fingerprint density at radius 3 is 2.70 bits per heavy atom. The molecule has 23 heavy (non-hydrogen) atoms. The molecular weight excluding hydrogens is 288 g/mol. The van der Waals surface area contributed by atoms with Crippen LogP contribution in [0.2, 0.25) is 0 Å². The average Bonchev–Trinajstić information content (AvgIpc) is 2.98. The van der Waals surface area contributed by atoms with E-state index < -0.39 is 0 Å². The Balaban J connectivity index is 1.68. The summed E-state index contributed by atoms with van der Waals surface area (Å²) in [6.45, 7) is 9.94. The molecule has 1 aromatic rings. The molecular formula is C19H28N2O2. The number of hydrogen-bond donors (Lipinski definition) is 1. The lowest BCUT2D eigenvalue weighted by molar-refractivity contribution is -0.128. The number of morpholine rings is 1. The molecule has 3 rings (SSSR count). The van der Waals surface area contributed by atoms with Gasteiger partial charge in [0.25, 0.3) is 0 Å². The molecule has 0 aromatic heterocycles.